The van der Waals surface area contributed by atoms with Gasteiger partial charge in [0.15, 0.2) is 0 Å². The second-order valence-electron chi connectivity index (χ2n) is 5.30. The summed E-state index contributed by atoms with van der Waals surface area (Å²) in [4.78, 5) is 12.7. The Kier molecular flexibility index (Phi) is 4.37. The van der Waals surface area contributed by atoms with Gasteiger partial charge in [-0.25, -0.2) is 13.1 Å². The van der Waals surface area contributed by atoms with Crippen molar-refractivity contribution < 1.29 is 8.42 Å². The van der Waals surface area contributed by atoms with E-state index in [1.54, 1.807) is 42.9 Å². The molecule has 1 N–H and O–H groups in total. The van der Waals surface area contributed by atoms with Crippen molar-refractivity contribution in [1.82, 2.24) is 28.4 Å². The number of nitrogens with one attached hydrogen (secondary N) is 1. The third-order valence-corrected chi connectivity index (χ3v) is 5.67. The fraction of sp³-hybridized carbons (Fsp3) is 0.0625. The zero-order chi connectivity index (χ0) is 18.0. The fourth-order valence-corrected chi connectivity index (χ4v) is 4.24. The maximum atomic E-state index is 12.7. The molecular weight excluding hydrogens is 372 g/mol. The van der Waals surface area contributed by atoms with E-state index in [0.717, 1.165) is 17.3 Å². The number of fused-ring (bicyclic) bond motifs is 1. The average molecular weight is 384 g/mol. The first kappa shape index (κ1) is 16.6. The monoisotopic (exact) mass is 384 g/mol. The highest BCUT2D eigenvalue weighted by Gasteiger charge is 2.20. The normalized spacial score (nSPS) is 11.7. The van der Waals surface area contributed by atoms with E-state index in [1.807, 2.05) is 0 Å². The molecule has 0 aliphatic carbocycles. The molecule has 0 spiro atoms. The van der Waals surface area contributed by atoms with Crippen LogP contribution in [0.5, 0.6) is 0 Å². The van der Waals surface area contributed by atoms with E-state index >= 15 is 0 Å². The van der Waals surface area contributed by atoms with Gasteiger partial charge in [-0.05, 0) is 24.3 Å². The van der Waals surface area contributed by atoms with Gasteiger partial charge in [0.05, 0.1) is 29.7 Å². The molecule has 26 heavy (non-hydrogen) atoms. The van der Waals surface area contributed by atoms with Crippen molar-refractivity contribution in [2.45, 2.75) is 11.4 Å². The standard InChI is InChI=1S/C16H12N6O2S2/c23-26(24,14-3-1-2-12-16(14)22-25-21-12)20-10-13-15(19-9-8-18-13)11-4-6-17-7-5-11/h1-9,20H,10H2. The Morgan fingerprint density at radius 2 is 1.77 bits per heavy atom. The summed E-state index contributed by atoms with van der Waals surface area (Å²) < 4.78 is 36.2. The van der Waals surface area contributed by atoms with Crippen LogP contribution in [0.4, 0.5) is 0 Å². The lowest BCUT2D eigenvalue weighted by molar-refractivity contribution is 0.581. The van der Waals surface area contributed by atoms with Crippen LogP contribution in [0.25, 0.3) is 22.3 Å². The molecule has 4 rings (SSSR count). The molecule has 3 aromatic heterocycles. The lowest BCUT2D eigenvalue weighted by Crippen LogP contribution is -2.24. The minimum absolute atomic E-state index is 0.00177. The van der Waals surface area contributed by atoms with E-state index < -0.39 is 10.0 Å². The number of hydrogen-bond donors (Lipinski definition) is 1. The molecule has 10 heteroatoms. The van der Waals surface area contributed by atoms with Crippen molar-refractivity contribution in [2.24, 2.45) is 0 Å². The van der Waals surface area contributed by atoms with E-state index in [1.165, 1.54) is 12.3 Å². The molecule has 0 unspecified atom stereocenters. The lowest BCUT2D eigenvalue weighted by Gasteiger charge is -2.10. The van der Waals surface area contributed by atoms with Gasteiger partial charge in [0.2, 0.25) is 10.0 Å². The topological polar surface area (TPSA) is 111 Å². The minimum atomic E-state index is -3.78. The fourth-order valence-electron chi connectivity index (χ4n) is 2.49. The highest BCUT2D eigenvalue weighted by Crippen LogP contribution is 2.22. The highest BCUT2D eigenvalue weighted by atomic mass is 32.2. The predicted molar refractivity (Wildman–Crippen MR) is 96.7 cm³/mol. The molecule has 0 bridgehead atoms. The van der Waals surface area contributed by atoms with E-state index in [4.69, 9.17) is 0 Å². The number of hydrogen-bond acceptors (Lipinski definition) is 8. The molecule has 0 saturated carbocycles. The van der Waals surface area contributed by atoms with Gasteiger partial charge in [-0.1, -0.05) is 6.07 Å². The Morgan fingerprint density at radius 1 is 0.962 bits per heavy atom. The first-order valence-corrected chi connectivity index (χ1v) is 9.78. The van der Waals surface area contributed by atoms with Gasteiger partial charge in [0.25, 0.3) is 0 Å². The van der Waals surface area contributed by atoms with Gasteiger partial charge in [0.1, 0.15) is 15.9 Å². The van der Waals surface area contributed by atoms with Crippen LogP contribution in [-0.2, 0) is 16.6 Å². The van der Waals surface area contributed by atoms with Crippen LogP contribution in [0.2, 0.25) is 0 Å². The number of sulfonamides is 1. The number of benzene rings is 1. The van der Waals surface area contributed by atoms with Gasteiger partial charge in [-0.2, -0.15) is 8.75 Å². The number of nitrogens with zero attached hydrogens (tertiary/aromatic N) is 5. The average Bonchev–Trinajstić information content (AvgIpc) is 3.16. The molecule has 4 aromatic rings. The Labute approximate surface area is 153 Å². The predicted octanol–water partition coefficient (Wildman–Crippen LogP) is 2.02. The third kappa shape index (κ3) is 3.17. The molecule has 0 aliphatic rings. The van der Waals surface area contributed by atoms with Gasteiger partial charge in [-0.15, -0.1) is 0 Å². The maximum absolute atomic E-state index is 12.7. The minimum Gasteiger partial charge on any atom is -0.265 e. The van der Waals surface area contributed by atoms with E-state index in [-0.39, 0.29) is 11.4 Å². The maximum Gasteiger partial charge on any atom is 0.243 e. The van der Waals surface area contributed by atoms with E-state index in [0.29, 0.717) is 22.4 Å². The highest BCUT2D eigenvalue weighted by molar-refractivity contribution is 7.89. The summed E-state index contributed by atoms with van der Waals surface area (Å²) in [5, 5.41) is 0. The Bertz CT molecular complexity index is 1160. The van der Waals surface area contributed by atoms with Gasteiger partial charge in [0, 0.05) is 30.4 Å². The number of aromatic nitrogens is 5. The van der Waals surface area contributed by atoms with Crippen LogP contribution in [0.15, 0.2) is 60.0 Å². The smallest absolute Gasteiger partial charge is 0.243 e. The molecule has 1 aromatic carbocycles. The lowest BCUT2D eigenvalue weighted by atomic mass is 10.1. The van der Waals surface area contributed by atoms with Crippen molar-refractivity contribution in [2.75, 3.05) is 0 Å². The summed E-state index contributed by atoms with van der Waals surface area (Å²) in [6.07, 6.45) is 6.39. The van der Waals surface area contributed by atoms with Crippen molar-refractivity contribution >= 4 is 32.8 Å². The molecule has 0 fully saturated rings. The largest absolute Gasteiger partial charge is 0.265 e. The summed E-state index contributed by atoms with van der Waals surface area (Å²) in [6.45, 7) is 0.00177. The molecular formula is C16H12N6O2S2. The van der Waals surface area contributed by atoms with E-state index in [2.05, 4.69) is 28.4 Å². The Morgan fingerprint density at radius 3 is 2.62 bits per heavy atom. The van der Waals surface area contributed by atoms with Crippen LogP contribution in [0.1, 0.15) is 5.69 Å². The quantitative estimate of drug-likeness (QED) is 0.560. The zero-order valence-electron chi connectivity index (χ0n) is 13.3. The van der Waals surface area contributed by atoms with Crippen LogP contribution < -0.4 is 4.72 Å². The molecule has 0 amide bonds. The number of pyridine rings is 1. The Hall–Kier alpha value is -2.82. The molecule has 0 atom stereocenters. The number of rotatable bonds is 5. The SMILES string of the molecule is O=S(=O)(NCc1nccnc1-c1ccncc1)c1cccc2nsnc12. The van der Waals surface area contributed by atoms with E-state index in [9.17, 15) is 8.42 Å². The molecule has 130 valence electrons. The van der Waals surface area contributed by atoms with Crippen molar-refractivity contribution in [3.8, 4) is 11.3 Å². The molecule has 0 aliphatic heterocycles. The first-order valence-electron chi connectivity index (χ1n) is 7.56. The molecule has 8 nitrogen and oxygen atoms in total. The van der Waals surface area contributed by atoms with Crippen LogP contribution in [0.3, 0.4) is 0 Å². The van der Waals surface area contributed by atoms with Crippen molar-refractivity contribution in [3.63, 3.8) is 0 Å². The summed E-state index contributed by atoms with van der Waals surface area (Å²) >= 11 is 0.977. The van der Waals surface area contributed by atoms with Gasteiger partial charge >= 0.3 is 0 Å². The van der Waals surface area contributed by atoms with Crippen LogP contribution >= 0.6 is 11.7 Å². The molecule has 3 heterocycles. The van der Waals surface area contributed by atoms with Gasteiger partial charge < -0.3 is 0 Å². The molecule has 0 saturated heterocycles. The third-order valence-electron chi connectivity index (χ3n) is 3.70. The summed E-state index contributed by atoms with van der Waals surface area (Å²) in [5.41, 5.74) is 2.85. The van der Waals surface area contributed by atoms with Crippen LogP contribution in [0, 0.1) is 0 Å². The zero-order valence-corrected chi connectivity index (χ0v) is 14.9. The first-order chi connectivity index (χ1) is 12.6. The van der Waals surface area contributed by atoms with Crippen LogP contribution in [-0.4, -0.2) is 32.1 Å². The molecule has 0 radical (unpaired) electrons. The second-order valence-corrected chi connectivity index (χ2v) is 7.56. The summed E-state index contributed by atoms with van der Waals surface area (Å²) in [5.74, 6) is 0. The summed E-state index contributed by atoms with van der Waals surface area (Å²) in [6, 6.07) is 8.46. The van der Waals surface area contributed by atoms with Gasteiger partial charge in [-0.3, -0.25) is 15.0 Å². The van der Waals surface area contributed by atoms with Crippen molar-refractivity contribution in [1.29, 1.82) is 0 Å². The second kappa shape index (κ2) is 6.83. The van der Waals surface area contributed by atoms with Crippen molar-refractivity contribution in [3.05, 3.63) is 60.8 Å². The Balaban J connectivity index is 1.65. The summed E-state index contributed by atoms with van der Waals surface area (Å²) in [7, 11) is -3.78.